The Balaban J connectivity index is 1.24. The van der Waals surface area contributed by atoms with E-state index >= 15 is 0 Å². The maximum absolute atomic E-state index is 14.2. The second kappa shape index (κ2) is 13.0. The Morgan fingerprint density at radius 3 is 2.70 bits per heavy atom. The number of nitrogens with zero attached hydrogens (tertiary/aromatic N) is 1. The molecule has 2 aromatic carbocycles. The van der Waals surface area contributed by atoms with Crippen LogP contribution in [-0.4, -0.2) is 96.7 Å². The van der Waals surface area contributed by atoms with E-state index in [1.165, 1.54) is 11.3 Å². The van der Waals surface area contributed by atoms with E-state index in [0.29, 0.717) is 11.1 Å². The zero-order valence-electron chi connectivity index (χ0n) is 23.9. The molecule has 13 nitrogen and oxygen atoms in total. The van der Waals surface area contributed by atoms with E-state index < -0.39 is 41.8 Å². The third-order valence-corrected chi connectivity index (χ3v) is 8.39. The van der Waals surface area contributed by atoms with E-state index in [4.69, 9.17) is 34.0 Å². The van der Waals surface area contributed by atoms with E-state index in [1.54, 1.807) is 30.3 Å². The zero-order valence-corrected chi connectivity index (χ0v) is 23.9. The lowest BCUT2D eigenvalue weighted by Crippen LogP contribution is -2.69. The first-order chi connectivity index (χ1) is 21.4. The van der Waals surface area contributed by atoms with Gasteiger partial charge in [-0.2, -0.15) is 5.06 Å². The summed E-state index contributed by atoms with van der Waals surface area (Å²) in [6.45, 7) is 0.367. The Labute approximate surface area is 253 Å². The molecule has 44 heavy (non-hydrogen) atoms. The maximum Gasteiger partial charge on any atom is 0.327 e. The monoisotopic (exact) mass is 609 g/mol. The summed E-state index contributed by atoms with van der Waals surface area (Å²) in [6, 6.07) is 13.3. The first-order valence-corrected chi connectivity index (χ1v) is 14.6. The van der Waals surface area contributed by atoms with Crippen LogP contribution in [0.15, 0.2) is 54.8 Å². The summed E-state index contributed by atoms with van der Waals surface area (Å²) in [6.07, 6.45) is 0.845. The highest BCUT2D eigenvalue weighted by molar-refractivity contribution is 5.95. The summed E-state index contributed by atoms with van der Waals surface area (Å²) in [5.41, 5.74) is 1.45. The molecule has 4 fully saturated rings. The number of aliphatic hydroxyl groups excluding tert-OH is 2. The smallest absolute Gasteiger partial charge is 0.327 e. The number of hydroxylamine groups is 2. The van der Waals surface area contributed by atoms with Crippen LogP contribution < -0.4 is 10.6 Å². The molecule has 0 spiro atoms. The summed E-state index contributed by atoms with van der Waals surface area (Å²) in [5, 5.41) is 25.0. The third kappa shape index (κ3) is 5.70. The van der Waals surface area contributed by atoms with Gasteiger partial charge in [-0.3, -0.25) is 19.2 Å². The molecule has 2 aromatic rings. The van der Waals surface area contributed by atoms with E-state index in [2.05, 4.69) is 10.6 Å². The van der Waals surface area contributed by atoms with Crippen LogP contribution in [0.2, 0.25) is 0 Å². The van der Waals surface area contributed by atoms with Crippen molar-refractivity contribution in [3.05, 3.63) is 77.0 Å². The van der Waals surface area contributed by atoms with Crippen LogP contribution in [0.5, 0.6) is 0 Å². The number of fused-ring (bicyclic) bond motifs is 4. The van der Waals surface area contributed by atoms with Gasteiger partial charge in [0.2, 0.25) is 5.91 Å². The molecular weight excluding hydrogens is 574 g/mol. The first kappa shape index (κ1) is 30.2. The van der Waals surface area contributed by atoms with Crippen molar-refractivity contribution >= 4 is 23.9 Å². The lowest BCUT2D eigenvalue weighted by atomic mass is 9.62. The van der Waals surface area contributed by atoms with Crippen molar-refractivity contribution < 1.29 is 48.4 Å². The van der Waals surface area contributed by atoms with Gasteiger partial charge < -0.3 is 39.8 Å². The molecule has 2 bridgehead atoms. The fraction of sp³-hybridized carbons (Fsp3) is 0.452. The number of esters is 1. The van der Waals surface area contributed by atoms with Gasteiger partial charge in [-0.05, 0) is 34.9 Å². The number of rotatable bonds is 12. The van der Waals surface area contributed by atoms with Crippen LogP contribution in [0.1, 0.15) is 33.5 Å². The molecule has 6 atom stereocenters. The molecule has 4 N–H and O–H groups in total. The van der Waals surface area contributed by atoms with Gasteiger partial charge in [-0.25, -0.2) is 0 Å². The number of ether oxygens (including phenoxy) is 4. The van der Waals surface area contributed by atoms with Crippen molar-refractivity contribution in [2.75, 3.05) is 33.2 Å². The Hall–Kier alpha value is -3.85. The van der Waals surface area contributed by atoms with Gasteiger partial charge in [0.1, 0.15) is 43.2 Å². The highest BCUT2D eigenvalue weighted by Crippen LogP contribution is 2.55. The molecule has 13 heteroatoms. The van der Waals surface area contributed by atoms with Crippen LogP contribution in [0, 0.1) is 5.41 Å². The van der Waals surface area contributed by atoms with E-state index in [-0.39, 0.29) is 64.5 Å². The summed E-state index contributed by atoms with van der Waals surface area (Å²) in [4.78, 5) is 46.6. The van der Waals surface area contributed by atoms with Crippen LogP contribution in [0.4, 0.5) is 0 Å². The fourth-order valence-electron chi connectivity index (χ4n) is 6.50. The molecule has 3 saturated heterocycles. The molecule has 6 rings (SSSR count). The number of aliphatic hydroxyl groups is 2. The molecule has 6 unspecified atom stereocenters. The first-order valence-electron chi connectivity index (χ1n) is 14.6. The van der Waals surface area contributed by atoms with Crippen LogP contribution in [-0.2, 0) is 46.5 Å². The van der Waals surface area contributed by atoms with E-state index in [9.17, 15) is 14.4 Å². The normalized spacial score (nSPS) is 28.9. The minimum atomic E-state index is -1.30. The van der Waals surface area contributed by atoms with Gasteiger partial charge in [0.15, 0.2) is 6.04 Å². The highest BCUT2D eigenvalue weighted by Gasteiger charge is 2.74. The van der Waals surface area contributed by atoms with E-state index in [0.717, 1.165) is 11.1 Å². The lowest BCUT2D eigenvalue weighted by molar-refractivity contribution is -0.201. The van der Waals surface area contributed by atoms with Crippen LogP contribution in [0.25, 0.3) is 6.08 Å². The number of benzene rings is 2. The van der Waals surface area contributed by atoms with Gasteiger partial charge in [0.25, 0.3) is 5.91 Å². The highest BCUT2D eigenvalue weighted by atomic mass is 16.8. The predicted molar refractivity (Wildman–Crippen MR) is 152 cm³/mol. The number of carbonyl (C=O) groups excluding carboxylic acids is 3. The standard InChI is InChI=1S/C31H35N3O10/c35-9-8-32-28(37)22-6-2-4-20(14-22)16-33-30(39)31-15-23-24-25(42-18-41-24)27(31)44-34(26(31)29(38)43-23)17-21-5-1-3-19(13-21)7-11-40-12-10-36/h1-7,11,13-14,23-27,35-36H,8-10,12,15-18H2,(H,32,37)(H,33,39). The number of hydrogen-bond acceptors (Lipinski definition) is 11. The molecule has 0 aromatic heterocycles. The molecule has 1 saturated carbocycles. The number of amides is 2. The third-order valence-electron chi connectivity index (χ3n) is 8.39. The predicted octanol–water partition coefficient (Wildman–Crippen LogP) is 0.246. The average molecular weight is 610 g/mol. The molecule has 4 aliphatic rings. The average Bonchev–Trinajstić information content (AvgIpc) is 3.66. The molecular formula is C31H35N3O10. The van der Waals surface area contributed by atoms with Gasteiger partial charge in [-0.1, -0.05) is 36.4 Å². The van der Waals surface area contributed by atoms with Gasteiger partial charge in [0, 0.05) is 25.1 Å². The Morgan fingerprint density at radius 1 is 1.05 bits per heavy atom. The van der Waals surface area contributed by atoms with Crippen molar-refractivity contribution in [3.8, 4) is 0 Å². The second-order valence-electron chi connectivity index (χ2n) is 11.1. The quantitative estimate of drug-likeness (QED) is 0.148. The molecule has 0 radical (unpaired) electrons. The number of carbonyl (C=O) groups is 3. The lowest BCUT2D eigenvalue weighted by Gasteiger charge is -2.48. The van der Waals surface area contributed by atoms with Crippen LogP contribution in [0.3, 0.4) is 0 Å². The molecule has 2 amide bonds. The summed E-state index contributed by atoms with van der Waals surface area (Å²) >= 11 is 0. The van der Waals surface area contributed by atoms with Crippen molar-refractivity contribution in [1.29, 1.82) is 0 Å². The van der Waals surface area contributed by atoms with Crippen molar-refractivity contribution in [3.63, 3.8) is 0 Å². The van der Waals surface area contributed by atoms with Crippen molar-refractivity contribution in [1.82, 2.24) is 15.7 Å². The zero-order chi connectivity index (χ0) is 30.7. The van der Waals surface area contributed by atoms with Gasteiger partial charge >= 0.3 is 5.97 Å². The van der Waals surface area contributed by atoms with Gasteiger partial charge in [0.05, 0.1) is 26.0 Å². The Morgan fingerprint density at radius 2 is 1.86 bits per heavy atom. The number of hydrogen-bond donors (Lipinski definition) is 4. The number of nitrogens with one attached hydrogen (secondary N) is 2. The minimum Gasteiger partial charge on any atom is -0.499 e. The summed E-state index contributed by atoms with van der Waals surface area (Å²) in [5.74, 6) is -1.28. The SMILES string of the molecule is O=C(NCCO)c1cccc(CNC(=O)C23CC4OC(=O)C2N(Cc2cccc(C=COCCO)c2)OC3C2OCOC42)c1. The van der Waals surface area contributed by atoms with Crippen LogP contribution >= 0.6 is 0 Å². The Kier molecular flexibility index (Phi) is 8.93. The minimum absolute atomic E-state index is 0.00345. The fourth-order valence-corrected chi connectivity index (χ4v) is 6.50. The second-order valence-corrected chi connectivity index (χ2v) is 11.1. The topological polar surface area (TPSA) is 165 Å². The summed E-state index contributed by atoms with van der Waals surface area (Å²) in [7, 11) is 0. The van der Waals surface area contributed by atoms with Crippen molar-refractivity contribution in [2.24, 2.45) is 5.41 Å². The van der Waals surface area contributed by atoms with Crippen molar-refractivity contribution in [2.45, 2.75) is 50.0 Å². The molecule has 3 aliphatic heterocycles. The van der Waals surface area contributed by atoms with Gasteiger partial charge in [-0.15, -0.1) is 0 Å². The summed E-state index contributed by atoms with van der Waals surface area (Å²) < 4.78 is 22.7. The molecule has 234 valence electrons. The Bertz CT molecular complexity index is 1420. The van der Waals surface area contributed by atoms with E-state index in [1.807, 2.05) is 24.3 Å². The molecule has 1 aliphatic carbocycles. The molecule has 3 heterocycles. The maximum atomic E-state index is 14.2. The largest absolute Gasteiger partial charge is 0.499 e.